The highest BCUT2D eigenvalue weighted by Crippen LogP contribution is 2.34. The Bertz CT molecular complexity index is 1450. The lowest BCUT2D eigenvalue weighted by molar-refractivity contribution is 0.153. The van der Waals surface area contributed by atoms with Gasteiger partial charge >= 0.3 is 0 Å². The van der Waals surface area contributed by atoms with E-state index >= 15 is 0 Å². The van der Waals surface area contributed by atoms with Gasteiger partial charge in [0.05, 0.1) is 24.7 Å². The van der Waals surface area contributed by atoms with Crippen molar-refractivity contribution in [2.75, 3.05) is 7.11 Å². The normalized spacial score (nSPS) is 15.3. The molecule has 1 aliphatic carbocycles. The zero-order chi connectivity index (χ0) is 26.6. The summed E-state index contributed by atoms with van der Waals surface area (Å²) in [6.07, 6.45) is 6.70. The Labute approximate surface area is 224 Å². The van der Waals surface area contributed by atoms with Crippen LogP contribution in [0, 0.1) is 13.8 Å². The summed E-state index contributed by atoms with van der Waals surface area (Å²) in [5.41, 5.74) is 4.86. The third-order valence-corrected chi connectivity index (χ3v) is 8.02. The van der Waals surface area contributed by atoms with Crippen molar-refractivity contribution in [3.63, 3.8) is 0 Å². The first-order valence-corrected chi connectivity index (χ1v) is 13.8. The molecule has 1 atom stereocenters. The number of para-hydroxylation sites is 1. The first-order valence-electron chi connectivity index (χ1n) is 13.8. The lowest BCUT2D eigenvalue weighted by Crippen LogP contribution is -2.33. The van der Waals surface area contributed by atoms with Crippen molar-refractivity contribution in [3.8, 4) is 5.75 Å². The number of aromatic nitrogens is 5. The SMILES string of the molecule is CCC(c1nnnn1C1CCCCC1)N(Cc1ccccc1OC)Cc1cc2c(C)ccc(C)c2[nH]c1=O. The summed E-state index contributed by atoms with van der Waals surface area (Å²) in [4.78, 5) is 18.9. The average Bonchev–Trinajstić information content (AvgIpc) is 3.42. The van der Waals surface area contributed by atoms with Crippen molar-refractivity contribution in [1.82, 2.24) is 30.1 Å². The van der Waals surface area contributed by atoms with Gasteiger partial charge in [0.2, 0.25) is 0 Å². The second-order valence-corrected chi connectivity index (χ2v) is 10.5. The summed E-state index contributed by atoms with van der Waals surface area (Å²) in [6.45, 7) is 7.35. The first-order chi connectivity index (χ1) is 18.5. The number of rotatable bonds is 9. The second kappa shape index (κ2) is 11.5. The minimum absolute atomic E-state index is 0.0575. The molecular formula is C30H38N6O2. The van der Waals surface area contributed by atoms with E-state index in [1.807, 2.05) is 25.1 Å². The molecule has 0 spiro atoms. The third kappa shape index (κ3) is 5.23. The highest BCUT2D eigenvalue weighted by Gasteiger charge is 2.29. The van der Waals surface area contributed by atoms with Gasteiger partial charge in [-0.15, -0.1) is 5.10 Å². The molecule has 8 nitrogen and oxygen atoms in total. The Kier molecular flexibility index (Phi) is 7.88. The summed E-state index contributed by atoms with van der Waals surface area (Å²) in [5.74, 6) is 1.71. The number of hydrogen-bond donors (Lipinski definition) is 1. The number of nitrogens with one attached hydrogen (secondary N) is 1. The van der Waals surface area contributed by atoms with Crippen LogP contribution in [0.1, 0.15) is 85.6 Å². The maximum atomic E-state index is 13.4. The monoisotopic (exact) mass is 514 g/mol. The van der Waals surface area contributed by atoms with Crippen molar-refractivity contribution in [2.24, 2.45) is 0 Å². The molecular weight excluding hydrogens is 476 g/mol. The van der Waals surface area contributed by atoms with Crippen LogP contribution in [-0.2, 0) is 13.1 Å². The van der Waals surface area contributed by atoms with E-state index in [4.69, 9.17) is 4.74 Å². The number of fused-ring (bicyclic) bond motifs is 1. The molecule has 0 bridgehead atoms. The average molecular weight is 515 g/mol. The number of benzene rings is 2. The van der Waals surface area contributed by atoms with Gasteiger partial charge in [-0.3, -0.25) is 9.69 Å². The number of ether oxygens (including phenoxy) is 1. The zero-order valence-electron chi connectivity index (χ0n) is 22.9. The minimum atomic E-state index is -0.0643. The highest BCUT2D eigenvalue weighted by molar-refractivity contribution is 5.85. The molecule has 2 aromatic carbocycles. The topological polar surface area (TPSA) is 88.9 Å². The smallest absolute Gasteiger partial charge is 0.252 e. The standard InChI is InChI=1S/C30H38N6O2/c1-5-26(29-32-33-34-36(29)24-12-7-6-8-13-24)35(18-22-11-9-10-14-27(22)38-4)19-23-17-25-20(2)15-16-21(3)28(25)31-30(23)37/h9-11,14-17,24,26H,5-8,12-13,18-19H2,1-4H3,(H,31,37). The number of methoxy groups -OCH3 is 1. The summed E-state index contributed by atoms with van der Waals surface area (Å²) >= 11 is 0. The molecule has 200 valence electrons. The first kappa shape index (κ1) is 26.1. The molecule has 1 unspecified atom stereocenters. The van der Waals surface area contributed by atoms with Gasteiger partial charge in [0.25, 0.3) is 5.56 Å². The van der Waals surface area contributed by atoms with Gasteiger partial charge in [0.15, 0.2) is 5.82 Å². The van der Waals surface area contributed by atoms with E-state index in [0.29, 0.717) is 19.1 Å². The van der Waals surface area contributed by atoms with Gasteiger partial charge in [-0.05, 0) is 66.8 Å². The Hall–Kier alpha value is -3.52. The number of aromatic amines is 1. The van der Waals surface area contributed by atoms with Crippen LogP contribution in [0.4, 0.5) is 0 Å². The van der Waals surface area contributed by atoms with Gasteiger partial charge < -0.3 is 9.72 Å². The van der Waals surface area contributed by atoms with Crippen LogP contribution in [0.5, 0.6) is 5.75 Å². The van der Waals surface area contributed by atoms with Crippen LogP contribution in [0.3, 0.4) is 0 Å². The number of nitrogens with zero attached hydrogens (tertiary/aromatic N) is 5. The van der Waals surface area contributed by atoms with Gasteiger partial charge in [-0.25, -0.2) is 4.68 Å². The number of tetrazole rings is 1. The Morgan fingerprint density at radius 2 is 1.79 bits per heavy atom. The summed E-state index contributed by atoms with van der Waals surface area (Å²) in [7, 11) is 1.70. The molecule has 1 N–H and O–H groups in total. The van der Waals surface area contributed by atoms with Gasteiger partial charge in [0.1, 0.15) is 5.75 Å². The zero-order valence-corrected chi connectivity index (χ0v) is 22.9. The van der Waals surface area contributed by atoms with Crippen LogP contribution in [0.15, 0.2) is 47.3 Å². The maximum Gasteiger partial charge on any atom is 0.252 e. The summed E-state index contributed by atoms with van der Waals surface area (Å²) in [5, 5.41) is 14.2. The molecule has 0 radical (unpaired) electrons. The molecule has 2 heterocycles. The van der Waals surface area contributed by atoms with Crippen molar-refractivity contribution >= 4 is 10.9 Å². The fourth-order valence-electron chi connectivity index (χ4n) is 5.89. The van der Waals surface area contributed by atoms with Gasteiger partial charge in [0, 0.05) is 29.6 Å². The minimum Gasteiger partial charge on any atom is -0.496 e. The molecule has 1 saturated carbocycles. The lowest BCUT2D eigenvalue weighted by Gasteiger charge is -2.32. The summed E-state index contributed by atoms with van der Waals surface area (Å²) < 4.78 is 7.75. The maximum absolute atomic E-state index is 13.4. The Morgan fingerprint density at radius 3 is 2.55 bits per heavy atom. The number of pyridine rings is 1. The van der Waals surface area contributed by atoms with E-state index in [0.717, 1.165) is 64.0 Å². The third-order valence-electron chi connectivity index (χ3n) is 8.02. The van der Waals surface area contributed by atoms with E-state index < -0.39 is 0 Å². The molecule has 5 rings (SSSR count). The fraction of sp³-hybridized carbons (Fsp3) is 0.467. The lowest BCUT2D eigenvalue weighted by atomic mass is 9.95. The van der Waals surface area contributed by atoms with E-state index in [1.54, 1.807) is 7.11 Å². The van der Waals surface area contributed by atoms with Crippen molar-refractivity contribution < 1.29 is 4.74 Å². The van der Waals surface area contributed by atoms with E-state index in [1.165, 1.54) is 19.3 Å². The Balaban J connectivity index is 1.57. The number of H-pyrrole nitrogens is 1. The van der Waals surface area contributed by atoms with Crippen LogP contribution in [-0.4, -0.2) is 37.2 Å². The van der Waals surface area contributed by atoms with Crippen LogP contribution < -0.4 is 10.3 Å². The molecule has 8 heteroatoms. The predicted molar refractivity (Wildman–Crippen MR) is 149 cm³/mol. The van der Waals surface area contributed by atoms with Crippen molar-refractivity contribution in [2.45, 2.75) is 84.5 Å². The van der Waals surface area contributed by atoms with Crippen LogP contribution in [0.2, 0.25) is 0 Å². The van der Waals surface area contributed by atoms with E-state index in [-0.39, 0.29) is 11.6 Å². The predicted octanol–water partition coefficient (Wildman–Crippen LogP) is 5.80. The van der Waals surface area contributed by atoms with E-state index in [2.05, 4.69) is 68.2 Å². The van der Waals surface area contributed by atoms with Crippen LogP contribution >= 0.6 is 0 Å². The summed E-state index contributed by atoms with van der Waals surface area (Å²) in [6, 6.07) is 14.6. The molecule has 4 aromatic rings. The second-order valence-electron chi connectivity index (χ2n) is 10.5. The van der Waals surface area contributed by atoms with Crippen LogP contribution in [0.25, 0.3) is 10.9 Å². The molecule has 38 heavy (non-hydrogen) atoms. The number of aryl methyl sites for hydroxylation is 2. The molecule has 1 fully saturated rings. The molecule has 2 aromatic heterocycles. The Morgan fingerprint density at radius 1 is 1.05 bits per heavy atom. The molecule has 1 aliphatic rings. The van der Waals surface area contributed by atoms with Gasteiger partial charge in [-0.2, -0.15) is 0 Å². The van der Waals surface area contributed by atoms with E-state index in [9.17, 15) is 4.79 Å². The van der Waals surface area contributed by atoms with Gasteiger partial charge in [-0.1, -0.05) is 56.5 Å². The fourth-order valence-corrected chi connectivity index (χ4v) is 5.89. The highest BCUT2D eigenvalue weighted by atomic mass is 16.5. The molecule has 0 amide bonds. The van der Waals surface area contributed by atoms with Crippen molar-refractivity contribution in [3.05, 3.63) is 80.9 Å². The number of hydrogen-bond acceptors (Lipinski definition) is 6. The van der Waals surface area contributed by atoms with Crippen molar-refractivity contribution in [1.29, 1.82) is 0 Å². The molecule has 0 saturated heterocycles. The molecule has 0 aliphatic heterocycles. The quantitative estimate of drug-likeness (QED) is 0.304. The largest absolute Gasteiger partial charge is 0.496 e.